The first kappa shape index (κ1) is 13.4. The van der Waals surface area contributed by atoms with Crippen molar-refractivity contribution in [1.29, 1.82) is 0 Å². The van der Waals surface area contributed by atoms with E-state index in [0.29, 0.717) is 11.0 Å². The molecule has 19 heavy (non-hydrogen) atoms. The summed E-state index contributed by atoms with van der Waals surface area (Å²) in [4.78, 5) is 10.6. The van der Waals surface area contributed by atoms with Gasteiger partial charge < -0.3 is 10.1 Å². The molecular formula is C12H14N4O2S. The summed E-state index contributed by atoms with van der Waals surface area (Å²) in [5, 5.41) is 19.3. The van der Waals surface area contributed by atoms with Crippen molar-refractivity contribution in [3.63, 3.8) is 0 Å². The van der Waals surface area contributed by atoms with E-state index in [2.05, 4.69) is 10.2 Å². The largest absolute Gasteiger partial charge is 0.481 e. The van der Waals surface area contributed by atoms with Crippen LogP contribution < -0.4 is 5.01 Å². The number of carboxylic acids is 1. The minimum atomic E-state index is -0.875. The van der Waals surface area contributed by atoms with Gasteiger partial charge in [0.1, 0.15) is 0 Å². The van der Waals surface area contributed by atoms with Crippen LogP contribution in [0.1, 0.15) is 0 Å². The monoisotopic (exact) mass is 278 g/mol. The molecule has 0 aliphatic heterocycles. The third kappa shape index (κ3) is 3.05. The number of rotatable bonds is 5. The molecule has 0 atom stereocenters. The van der Waals surface area contributed by atoms with Crippen molar-refractivity contribution in [3.05, 3.63) is 30.3 Å². The van der Waals surface area contributed by atoms with Gasteiger partial charge in [0.2, 0.25) is 5.16 Å². The molecule has 6 nitrogen and oxygen atoms in total. The first-order valence-electron chi connectivity index (χ1n) is 5.62. The average Bonchev–Trinajstić information content (AvgIpc) is 2.81. The van der Waals surface area contributed by atoms with Crippen molar-refractivity contribution in [3.8, 4) is 11.4 Å². The van der Waals surface area contributed by atoms with Crippen molar-refractivity contribution in [2.24, 2.45) is 0 Å². The van der Waals surface area contributed by atoms with Gasteiger partial charge in [0.05, 0.1) is 5.75 Å². The second-order valence-electron chi connectivity index (χ2n) is 4.01. The van der Waals surface area contributed by atoms with E-state index in [-0.39, 0.29) is 5.75 Å². The molecule has 0 bridgehead atoms. The molecule has 0 saturated heterocycles. The lowest BCUT2D eigenvalue weighted by molar-refractivity contribution is -0.133. The number of benzene rings is 1. The number of aromatic nitrogens is 3. The quantitative estimate of drug-likeness (QED) is 0.832. The van der Waals surface area contributed by atoms with Crippen molar-refractivity contribution >= 4 is 17.7 Å². The van der Waals surface area contributed by atoms with Gasteiger partial charge in [-0.05, 0) is 0 Å². The molecule has 0 saturated carbocycles. The first-order valence-corrected chi connectivity index (χ1v) is 6.61. The minimum absolute atomic E-state index is 0.0409. The lowest BCUT2D eigenvalue weighted by Gasteiger charge is -2.18. The van der Waals surface area contributed by atoms with E-state index in [4.69, 9.17) is 5.11 Å². The maximum absolute atomic E-state index is 10.6. The molecule has 1 aromatic carbocycles. The van der Waals surface area contributed by atoms with Crippen LogP contribution in [-0.4, -0.2) is 45.8 Å². The lowest BCUT2D eigenvalue weighted by atomic mass is 10.2. The highest BCUT2D eigenvalue weighted by atomic mass is 32.2. The molecule has 0 radical (unpaired) electrons. The van der Waals surface area contributed by atoms with Crippen LogP contribution in [0, 0.1) is 0 Å². The van der Waals surface area contributed by atoms with Gasteiger partial charge in [-0.15, -0.1) is 10.2 Å². The highest BCUT2D eigenvalue weighted by molar-refractivity contribution is 7.99. The van der Waals surface area contributed by atoms with E-state index in [1.165, 1.54) is 0 Å². The first-order chi connectivity index (χ1) is 9.09. The Balaban J connectivity index is 2.37. The summed E-state index contributed by atoms with van der Waals surface area (Å²) in [5.74, 6) is -0.223. The molecule has 0 fully saturated rings. The minimum Gasteiger partial charge on any atom is -0.481 e. The zero-order valence-corrected chi connectivity index (χ0v) is 11.5. The highest BCUT2D eigenvalue weighted by Crippen LogP contribution is 2.23. The summed E-state index contributed by atoms with van der Waals surface area (Å²) < 4.78 is 1.79. The maximum Gasteiger partial charge on any atom is 0.313 e. The fraction of sp³-hybridized carbons (Fsp3) is 0.250. The molecule has 100 valence electrons. The van der Waals surface area contributed by atoms with E-state index in [1.807, 2.05) is 49.4 Å². The molecule has 0 unspecified atom stereocenters. The molecule has 0 aliphatic rings. The number of nitrogens with zero attached hydrogens (tertiary/aromatic N) is 4. The van der Waals surface area contributed by atoms with Gasteiger partial charge in [0.25, 0.3) is 0 Å². The normalized spacial score (nSPS) is 10.4. The van der Waals surface area contributed by atoms with Crippen LogP contribution in [0.5, 0.6) is 0 Å². The second-order valence-corrected chi connectivity index (χ2v) is 4.96. The van der Waals surface area contributed by atoms with E-state index >= 15 is 0 Å². The van der Waals surface area contributed by atoms with Gasteiger partial charge in [0.15, 0.2) is 5.82 Å². The molecule has 2 rings (SSSR count). The summed E-state index contributed by atoms with van der Waals surface area (Å²) in [6.45, 7) is 0. The molecule has 1 heterocycles. The van der Waals surface area contributed by atoms with Gasteiger partial charge >= 0.3 is 5.97 Å². The van der Waals surface area contributed by atoms with Crippen LogP contribution in [0.3, 0.4) is 0 Å². The Kier molecular flexibility index (Phi) is 4.06. The predicted molar refractivity (Wildman–Crippen MR) is 73.9 cm³/mol. The Morgan fingerprint density at radius 3 is 2.58 bits per heavy atom. The number of hydrogen-bond acceptors (Lipinski definition) is 5. The number of carbonyl (C=O) groups is 1. The van der Waals surface area contributed by atoms with Crippen molar-refractivity contribution in [2.45, 2.75) is 5.16 Å². The van der Waals surface area contributed by atoms with Crippen LogP contribution in [-0.2, 0) is 4.79 Å². The third-order valence-electron chi connectivity index (χ3n) is 2.37. The van der Waals surface area contributed by atoms with Crippen LogP contribution in [0.25, 0.3) is 11.4 Å². The Labute approximate surface area is 115 Å². The number of aliphatic carboxylic acids is 1. The molecule has 1 N–H and O–H groups in total. The van der Waals surface area contributed by atoms with Gasteiger partial charge in [-0.2, -0.15) is 0 Å². The van der Waals surface area contributed by atoms with Gasteiger partial charge in [0, 0.05) is 19.7 Å². The highest BCUT2D eigenvalue weighted by Gasteiger charge is 2.16. The van der Waals surface area contributed by atoms with E-state index in [9.17, 15) is 4.79 Å². The van der Waals surface area contributed by atoms with Crippen LogP contribution >= 0.6 is 11.8 Å². The molecule has 0 aliphatic carbocycles. The van der Waals surface area contributed by atoms with Crippen LogP contribution in [0.4, 0.5) is 0 Å². The maximum atomic E-state index is 10.6. The van der Waals surface area contributed by atoms with E-state index in [1.54, 1.807) is 4.68 Å². The number of hydrogen-bond donors (Lipinski definition) is 1. The van der Waals surface area contributed by atoms with Gasteiger partial charge in [-0.3, -0.25) is 4.79 Å². The number of carboxylic acid groups (broad SMARTS) is 1. The summed E-state index contributed by atoms with van der Waals surface area (Å²) in [6.07, 6.45) is 0. The van der Waals surface area contributed by atoms with Crippen LogP contribution in [0.2, 0.25) is 0 Å². The van der Waals surface area contributed by atoms with E-state index < -0.39 is 5.97 Å². The Bertz CT molecular complexity index is 568. The smallest absolute Gasteiger partial charge is 0.313 e. The Morgan fingerprint density at radius 1 is 1.32 bits per heavy atom. The molecule has 1 aromatic heterocycles. The topological polar surface area (TPSA) is 71.2 Å². The average molecular weight is 278 g/mol. The Hall–Kier alpha value is -2.02. The standard InChI is InChI=1S/C12H14N4O2S/c1-15(2)16-11(9-6-4-3-5-7-9)13-14-12(16)19-8-10(17)18/h3-7H,8H2,1-2H3,(H,17,18). The molecular weight excluding hydrogens is 264 g/mol. The predicted octanol–water partition coefficient (Wildman–Crippen LogP) is 1.32. The van der Waals surface area contributed by atoms with Crippen molar-refractivity contribution in [2.75, 3.05) is 24.9 Å². The molecule has 0 amide bonds. The van der Waals surface area contributed by atoms with Gasteiger partial charge in [-0.1, -0.05) is 42.1 Å². The number of thioether (sulfide) groups is 1. The third-order valence-corrected chi connectivity index (χ3v) is 3.27. The van der Waals surface area contributed by atoms with E-state index in [0.717, 1.165) is 17.3 Å². The van der Waals surface area contributed by atoms with Gasteiger partial charge in [-0.25, -0.2) is 4.68 Å². The van der Waals surface area contributed by atoms with Crippen molar-refractivity contribution in [1.82, 2.24) is 14.9 Å². The summed E-state index contributed by atoms with van der Waals surface area (Å²) in [5.41, 5.74) is 0.936. The lowest BCUT2D eigenvalue weighted by Crippen LogP contribution is -2.26. The molecule has 7 heteroatoms. The van der Waals surface area contributed by atoms with Crippen LogP contribution in [0.15, 0.2) is 35.5 Å². The summed E-state index contributed by atoms with van der Waals surface area (Å²) in [6, 6.07) is 9.66. The zero-order chi connectivity index (χ0) is 13.8. The van der Waals surface area contributed by atoms with Crippen molar-refractivity contribution < 1.29 is 9.90 Å². The summed E-state index contributed by atoms with van der Waals surface area (Å²) in [7, 11) is 3.72. The molecule has 0 spiro atoms. The molecule has 2 aromatic rings. The fourth-order valence-electron chi connectivity index (χ4n) is 1.61. The second kappa shape index (κ2) is 5.75. The zero-order valence-electron chi connectivity index (χ0n) is 10.6. The summed E-state index contributed by atoms with van der Waals surface area (Å²) >= 11 is 1.15. The Morgan fingerprint density at radius 2 is 2.00 bits per heavy atom. The SMILES string of the molecule is CN(C)n1c(SCC(=O)O)nnc1-c1ccccc1. The fourth-order valence-corrected chi connectivity index (χ4v) is 2.33.